The molecule has 0 unspecified atom stereocenters. The topological polar surface area (TPSA) is 215 Å². The van der Waals surface area contributed by atoms with Crippen LogP contribution in [0.4, 0.5) is 33.4 Å². The summed E-state index contributed by atoms with van der Waals surface area (Å²) in [6, 6.07) is 17.1. The molecule has 75 heavy (non-hydrogen) atoms. The summed E-state index contributed by atoms with van der Waals surface area (Å²) in [6.07, 6.45) is 1.45. The van der Waals surface area contributed by atoms with Crippen molar-refractivity contribution in [1.29, 1.82) is 10.5 Å². The first kappa shape index (κ1) is 65.6. The van der Waals surface area contributed by atoms with E-state index in [0.29, 0.717) is 73.3 Å². The summed E-state index contributed by atoms with van der Waals surface area (Å²) in [4.78, 5) is 59.2. The molecule has 2 amide bonds. The minimum absolute atomic E-state index is 0. The maximum absolute atomic E-state index is 12.5. The molecule has 401 valence electrons. The van der Waals surface area contributed by atoms with Gasteiger partial charge in [0.1, 0.15) is 17.0 Å². The first-order valence-electron chi connectivity index (χ1n) is 24.5. The molecule has 2 fully saturated rings. The summed E-state index contributed by atoms with van der Waals surface area (Å²) in [6.45, 7) is 33.7. The van der Waals surface area contributed by atoms with Crippen molar-refractivity contribution in [3.8, 4) is 12.1 Å². The van der Waals surface area contributed by atoms with Gasteiger partial charge < -0.3 is 39.7 Å². The van der Waals surface area contributed by atoms with Crippen molar-refractivity contribution >= 4 is 69.6 Å². The predicted molar refractivity (Wildman–Crippen MR) is 299 cm³/mol. The van der Waals surface area contributed by atoms with Gasteiger partial charge in [-0.1, -0.05) is 53.7 Å². The Morgan fingerprint density at radius 2 is 1.19 bits per heavy atom. The van der Waals surface area contributed by atoms with Gasteiger partial charge in [-0.3, -0.25) is 0 Å². The van der Waals surface area contributed by atoms with Crippen LogP contribution < -0.4 is 20.4 Å². The number of nitrogens with one attached hydrogen (secondary N) is 2. The molecule has 0 saturated carbocycles. The fourth-order valence-corrected chi connectivity index (χ4v) is 7.87. The normalized spacial score (nSPS) is 15.2. The molecule has 2 saturated heterocycles. The average molecular weight is 1160 g/mol. The molecule has 2 aromatic carbocycles. The molecular formula is C53H76BBrClN14O4Zn. The van der Waals surface area contributed by atoms with Crippen LogP contribution >= 0.6 is 25.2 Å². The van der Waals surface area contributed by atoms with Gasteiger partial charge in [0, 0.05) is 80.3 Å². The molecule has 2 aromatic heterocycles. The Labute approximate surface area is 470 Å². The number of nitrogens with zero attached hydrogens (tertiary/aromatic N) is 12. The van der Waals surface area contributed by atoms with Gasteiger partial charge in [-0.25, -0.2) is 9.59 Å². The van der Waals surface area contributed by atoms with Gasteiger partial charge in [0.2, 0.25) is 29.1 Å². The van der Waals surface area contributed by atoms with E-state index in [2.05, 4.69) is 93.7 Å². The van der Waals surface area contributed by atoms with E-state index in [0.717, 1.165) is 42.6 Å². The second kappa shape index (κ2) is 29.1. The number of hydrogen-bond donors (Lipinski definition) is 2. The number of nitriles is 2. The van der Waals surface area contributed by atoms with Crippen LogP contribution in [0.15, 0.2) is 42.5 Å². The van der Waals surface area contributed by atoms with Crippen LogP contribution in [-0.4, -0.2) is 137 Å². The molecule has 2 N–H and O–H groups in total. The van der Waals surface area contributed by atoms with Crippen molar-refractivity contribution in [2.45, 2.75) is 133 Å². The van der Waals surface area contributed by atoms with Gasteiger partial charge in [-0.15, -0.1) is 12.1 Å². The van der Waals surface area contributed by atoms with Gasteiger partial charge in [-0.05, 0) is 113 Å². The average Bonchev–Trinajstić information content (AvgIpc) is 3.96. The summed E-state index contributed by atoms with van der Waals surface area (Å²) in [5.41, 5.74) is 3.38. The zero-order valence-electron chi connectivity index (χ0n) is 46.8. The number of ether oxygens (including phenoxy) is 2. The van der Waals surface area contributed by atoms with E-state index in [9.17, 15) is 14.9 Å². The first-order chi connectivity index (χ1) is 34.4. The number of carbonyl (C=O) groups is 2. The van der Waals surface area contributed by atoms with Gasteiger partial charge in [0.25, 0.3) is 0 Å². The molecule has 2 aliphatic heterocycles. The molecule has 6 rings (SSSR count). The molecule has 0 spiro atoms. The Morgan fingerprint density at radius 1 is 0.733 bits per heavy atom. The van der Waals surface area contributed by atoms with Crippen LogP contribution in [0.3, 0.4) is 0 Å². The summed E-state index contributed by atoms with van der Waals surface area (Å²) in [5, 5.41) is 24.5. The number of amides is 2. The number of halogens is 2. The molecule has 4 heterocycles. The second-order valence-electron chi connectivity index (χ2n) is 22.8. The number of aromatic nitrogens is 6. The fourth-order valence-electron chi connectivity index (χ4n) is 7.71. The van der Waals surface area contributed by atoms with Gasteiger partial charge in [0.15, 0.2) is 0 Å². The van der Waals surface area contributed by atoms with Crippen LogP contribution in [0.5, 0.6) is 0 Å². The van der Waals surface area contributed by atoms with E-state index in [1.165, 1.54) is 16.3 Å². The third kappa shape index (κ3) is 24.4. The zero-order chi connectivity index (χ0) is 55.8. The minimum atomic E-state index is -0.529. The molecule has 2 atom stereocenters. The molecule has 2 aliphatic rings. The van der Waals surface area contributed by atoms with Crippen LogP contribution in [0.25, 0.3) is 0 Å². The van der Waals surface area contributed by atoms with Crippen molar-refractivity contribution in [3.05, 3.63) is 88.3 Å². The van der Waals surface area contributed by atoms with E-state index in [1.807, 2.05) is 109 Å². The zero-order valence-corrected chi connectivity index (χ0v) is 52.1. The third-order valence-electron chi connectivity index (χ3n) is 10.6. The molecule has 4 aromatic rings. The van der Waals surface area contributed by atoms with Crippen LogP contribution in [0.1, 0.15) is 130 Å². The number of anilines is 4. The fraction of sp³-hybridized carbons (Fsp3) is 0.566. The Hall–Kier alpha value is -5.49. The van der Waals surface area contributed by atoms with Gasteiger partial charge in [-0.2, -0.15) is 59.0 Å². The van der Waals surface area contributed by atoms with E-state index in [1.54, 1.807) is 21.9 Å². The molecule has 0 bridgehead atoms. The first-order valence-corrected chi connectivity index (χ1v) is 31.9. The van der Waals surface area contributed by atoms with Crippen molar-refractivity contribution in [2.24, 2.45) is 10.8 Å². The number of benzene rings is 2. The van der Waals surface area contributed by atoms with E-state index in [-0.39, 0.29) is 48.8 Å². The molecule has 22 heteroatoms. The van der Waals surface area contributed by atoms with Gasteiger partial charge >= 0.3 is 42.2 Å². The van der Waals surface area contributed by atoms with Crippen LogP contribution in [0.2, 0.25) is 5.28 Å². The quantitative estimate of drug-likeness (QED) is 0.112. The number of rotatable bonds is 10. The summed E-state index contributed by atoms with van der Waals surface area (Å²) in [7, 11) is 3.91. The van der Waals surface area contributed by atoms with Crippen molar-refractivity contribution in [1.82, 2.24) is 39.7 Å². The standard InChI is InChI=1S/C27H39N7O2.C18H31ClN6O2.C8H6N.B.BrH.Zn/c1-18-9-10-19(15-28)13-20(18)14-22-30-23(32-24(31-22)33(8)17-26(2,3)4)29-21-11-12-34(16-21)25(35)36-27(5,6)7;1-17(2,3)11-24(7)15-22-13(19)21-14(23-15)20-12-8-9-25(10-12)16(26)27-18(4,5)6;1-7-3-2-4-8(5-7)6-9;;;/h9-10,13,21H,11-12,14,16-17H2,1-8H3,(H,29,30,31,32);12H,8-11H2,1-7H3,(H,20,21,22,23);2-5H,1H2;;1H;/q;;-1;;;+2/p-1/t21-;12-;;;;/m11..../s1. The number of likely N-dealkylation sites (tertiary alicyclic amines) is 2. The Kier molecular flexibility index (Phi) is 25.5. The number of aryl methyl sites for hydroxylation is 1. The second-order valence-corrected chi connectivity index (χ2v) is 23.1. The van der Waals surface area contributed by atoms with Crippen molar-refractivity contribution < 1.29 is 35.4 Å². The van der Waals surface area contributed by atoms with Crippen LogP contribution in [-0.2, 0) is 32.2 Å². The Morgan fingerprint density at radius 3 is 1.61 bits per heavy atom. The molecular weight excluding hydrogens is 1090 g/mol. The van der Waals surface area contributed by atoms with Crippen molar-refractivity contribution in [2.75, 3.05) is 73.8 Å². The van der Waals surface area contributed by atoms with Crippen LogP contribution in [0, 0.1) is 47.3 Å². The molecule has 18 nitrogen and oxygen atoms in total. The third-order valence-corrected chi connectivity index (χ3v) is 10.8. The summed E-state index contributed by atoms with van der Waals surface area (Å²) in [5.74, 6) is 2.65. The van der Waals surface area contributed by atoms with E-state index >= 15 is 0 Å². The van der Waals surface area contributed by atoms with Gasteiger partial charge in [0.05, 0.1) is 17.7 Å². The Balaban J connectivity index is 0.000000433. The van der Waals surface area contributed by atoms with E-state index < -0.39 is 11.2 Å². The molecule has 3 radical (unpaired) electrons. The SMILES string of the molecule is CN(CC(C)(C)C)c1nc(Cl)nc(N[C@@H]2CCN(C(=O)OC(C)(C)C)C2)n1.Cc1ccc(C#N)cc1Cc1nc(N[C@@H]2CCN(C(=O)OC(C)(C)C)C2)nc(N(C)CC(C)(C)C)n1.[B].[CH2-]c1cccc(C#N)c1.[Zn+][Br]. The number of hydrogen-bond acceptors (Lipinski definition) is 16. The summed E-state index contributed by atoms with van der Waals surface area (Å²) < 4.78 is 10.9. The monoisotopic (exact) mass is 1160 g/mol. The summed E-state index contributed by atoms with van der Waals surface area (Å²) >= 11 is 10.3. The van der Waals surface area contributed by atoms with Crippen molar-refractivity contribution in [3.63, 3.8) is 0 Å². The predicted octanol–water partition coefficient (Wildman–Crippen LogP) is 10.2. The molecule has 0 aliphatic carbocycles. The maximum atomic E-state index is 12.5. The Bertz CT molecular complexity index is 2580. The van der Waals surface area contributed by atoms with E-state index in [4.69, 9.17) is 41.3 Å². The number of carbonyl (C=O) groups excluding carboxylic acids is 2.